The quantitative estimate of drug-likeness (QED) is 0.237. The van der Waals surface area contributed by atoms with E-state index in [1.165, 1.54) is 64.2 Å². The Morgan fingerprint density at radius 2 is 0.800 bits per heavy atom. The molecule has 0 rings (SSSR count). The highest BCUT2D eigenvalue weighted by Crippen LogP contribution is 2.15. The summed E-state index contributed by atoms with van der Waals surface area (Å²) in [6, 6.07) is 0. The molecular formula is C22H44NO2+. The zero-order valence-electron chi connectivity index (χ0n) is 17.6. The van der Waals surface area contributed by atoms with Gasteiger partial charge in [0.1, 0.15) is 0 Å². The zero-order chi connectivity index (χ0) is 19.0. The van der Waals surface area contributed by atoms with Gasteiger partial charge in [0.25, 0.3) is 0 Å². The maximum absolute atomic E-state index is 12.4. The van der Waals surface area contributed by atoms with E-state index in [0.29, 0.717) is 12.8 Å². The summed E-state index contributed by atoms with van der Waals surface area (Å²) in [7, 11) is 3.54. The van der Waals surface area contributed by atoms with Gasteiger partial charge in [-0.2, -0.15) is 0 Å². The molecule has 3 heteroatoms. The normalized spacial score (nSPS) is 11.7. The molecule has 0 radical (unpaired) electrons. The number of amides is 2. The lowest BCUT2D eigenvalue weighted by molar-refractivity contribution is -0.736. The van der Waals surface area contributed by atoms with Crippen molar-refractivity contribution in [2.24, 2.45) is 0 Å². The van der Waals surface area contributed by atoms with Gasteiger partial charge in [0.05, 0.1) is 26.9 Å². The smallest absolute Gasteiger partial charge is 0.230 e. The number of carbonyl (C=O) groups excluding carboxylic acids is 2. The molecule has 0 aliphatic heterocycles. The largest absolute Gasteiger partial charge is 0.320 e. The third-order valence-corrected chi connectivity index (χ3v) is 5.24. The highest BCUT2D eigenvalue weighted by molar-refractivity contribution is 5.84. The van der Waals surface area contributed by atoms with Crippen molar-refractivity contribution in [2.45, 2.75) is 117 Å². The Hall–Kier alpha value is -0.700. The fourth-order valence-electron chi connectivity index (χ4n) is 3.16. The van der Waals surface area contributed by atoms with Crippen LogP contribution in [-0.4, -0.2) is 30.4 Å². The zero-order valence-corrected chi connectivity index (χ0v) is 17.6. The summed E-state index contributed by atoms with van der Waals surface area (Å²) >= 11 is 0. The van der Waals surface area contributed by atoms with E-state index in [0.717, 1.165) is 25.7 Å². The van der Waals surface area contributed by atoms with Gasteiger partial charge in [-0.05, 0) is 12.8 Å². The predicted octanol–water partition coefficient (Wildman–Crippen LogP) is 6.40. The first-order chi connectivity index (χ1) is 12.0. The van der Waals surface area contributed by atoms with Crippen LogP contribution in [0.5, 0.6) is 0 Å². The summed E-state index contributed by atoms with van der Waals surface area (Å²) in [6.45, 7) is 4.45. The molecule has 0 saturated heterocycles. The molecule has 0 saturated carbocycles. The number of nitrogens with zero attached hydrogens (tertiary/aromatic N) is 1. The Labute approximate surface area is 157 Å². The van der Waals surface area contributed by atoms with Crippen LogP contribution in [0.3, 0.4) is 0 Å². The van der Waals surface area contributed by atoms with E-state index in [9.17, 15) is 9.59 Å². The number of imide groups is 1. The first-order valence-corrected chi connectivity index (χ1v) is 10.9. The van der Waals surface area contributed by atoms with Gasteiger partial charge in [0.2, 0.25) is 0 Å². The Morgan fingerprint density at radius 3 is 1.12 bits per heavy atom. The van der Waals surface area contributed by atoms with Crippen LogP contribution >= 0.6 is 0 Å². The molecule has 3 nitrogen and oxygen atoms in total. The monoisotopic (exact) mass is 354 g/mol. The second-order valence-electron chi connectivity index (χ2n) is 7.98. The first-order valence-electron chi connectivity index (χ1n) is 10.9. The molecule has 0 N–H and O–H groups in total. The van der Waals surface area contributed by atoms with Gasteiger partial charge in [-0.1, -0.05) is 90.9 Å². The molecule has 0 heterocycles. The van der Waals surface area contributed by atoms with Crippen LogP contribution in [0.2, 0.25) is 0 Å². The molecule has 0 bridgehead atoms. The minimum atomic E-state index is -0.0638. The minimum absolute atomic E-state index is 0.0638. The van der Waals surface area contributed by atoms with E-state index in [2.05, 4.69) is 13.8 Å². The predicted molar refractivity (Wildman–Crippen MR) is 107 cm³/mol. The lowest BCUT2D eigenvalue weighted by atomic mass is 10.1. The molecule has 25 heavy (non-hydrogen) atoms. The number of unbranched alkanes of at least 4 members (excludes halogenated alkanes) is 12. The number of rotatable bonds is 16. The highest BCUT2D eigenvalue weighted by Gasteiger charge is 2.33. The molecule has 148 valence electrons. The Kier molecular flexibility index (Phi) is 15.1. The van der Waals surface area contributed by atoms with Crippen molar-refractivity contribution in [3.63, 3.8) is 0 Å². The summed E-state index contributed by atoms with van der Waals surface area (Å²) in [5.74, 6) is 0.169. The van der Waals surface area contributed by atoms with E-state index in [-0.39, 0.29) is 16.3 Å². The van der Waals surface area contributed by atoms with Crippen LogP contribution in [0.4, 0.5) is 0 Å². The van der Waals surface area contributed by atoms with Crippen molar-refractivity contribution < 1.29 is 14.1 Å². The van der Waals surface area contributed by atoms with Crippen molar-refractivity contribution in [2.75, 3.05) is 14.1 Å². The topological polar surface area (TPSA) is 34.1 Å². The van der Waals surface area contributed by atoms with Gasteiger partial charge >= 0.3 is 11.8 Å². The number of quaternary nitrogens is 1. The average Bonchev–Trinajstić information content (AvgIpc) is 2.59. The first kappa shape index (κ1) is 24.3. The third kappa shape index (κ3) is 12.3. The molecule has 0 aromatic rings. The Morgan fingerprint density at radius 1 is 0.520 bits per heavy atom. The van der Waals surface area contributed by atoms with Crippen LogP contribution in [0.1, 0.15) is 117 Å². The molecule has 2 amide bonds. The van der Waals surface area contributed by atoms with E-state index >= 15 is 0 Å². The highest BCUT2D eigenvalue weighted by atomic mass is 16.2. The van der Waals surface area contributed by atoms with Gasteiger partial charge in [-0.25, -0.2) is 14.1 Å². The average molecular weight is 355 g/mol. The molecule has 0 aliphatic rings. The van der Waals surface area contributed by atoms with Gasteiger partial charge in [-0.3, -0.25) is 0 Å². The molecule has 0 fully saturated rings. The second-order valence-corrected chi connectivity index (χ2v) is 7.98. The maximum Gasteiger partial charge on any atom is 0.320 e. The fraction of sp³-hybridized carbons (Fsp3) is 0.909. The molecule has 0 atom stereocenters. The molecule has 0 spiro atoms. The Balaban J connectivity index is 3.82. The fourth-order valence-corrected chi connectivity index (χ4v) is 3.16. The lowest BCUT2D eigenvalue weighted by Gasteiger charge is -2.24. The van der Waals surface area contributed by atoms with Crippen molar-refractivity contribution in [1.82, 2.24) is 0 Å². The van der Waals surface area contributed by atoms with Crippen LogP contribution in [0.25, 0.3) is 0 Å². The van der Waals surface area contributed by atoms with Crippen molar-refractivity contribution in [1.29, 1.82) is 0 Å². The number of hydrogen-bond acceptors (Lipinski definition) is 2. The van der Waals surface area contributed by atoms with Crippen LogP contribution in [0.15, 0.2) is 0 Å². The Bertz CT molecular complexity index is 318. The van der Waals surface area contributed by atoms with Gasteiger partial charge in [0.15, 0.2) is 0 Å². The van der Waals surface area contributed by atoms with E-state index in [4.69, 9.17) is 0 Å². The summed E-state index contributed by atoms with van der Waals surface area (Å²) in [4.78, 5) is 24.8. The standard InChI is InChI=1S/C22H44NO2/c1-5-7-9-11-13-15-17-19-21(24)23(3,4)22(25)20-18-16-14-12-10-8-6-2/h5-20H2,1-4H3/q+1. The lowest BCUT2D eigenvalue weighted by Crippen LogP contribution is -2.50. The van der Waals surface area contributed by atoms with E-state index in [1.807, 2.05) is 0 Å². The van der Waals surface area contributed by atoms with Crippen molar-refractivity contribution >= 4 is 11.8 Å². The number of carbonyl (C=O) groups is 2. The SMILES string of the molecule is CCCCCCCCCC(=O)[N+](C)(C)C(=O)CCCCCCCCC. The minimum Gasteiger partial charge on any atom is -0.230 e. The summed E-state index contributed by atoms with van der Waals surface area (Å²) in [5, 5.41) is 0. The summed E-state index contributed by atoms with van der Waals surface area (Å²) < 4.78 is -0.0638. The molecule has 0 aromatic carbocycles. The van der Waals surface area contributed by atoms with Gasteiger partial charge in [0, 0.05) is 0 Å². The van der Waals surface area contributed by atoms with Crippen molar-refractivity contribution in [3.8, 4) is 0 Å². The molecular weight excluding hydrogens is 310 g/mol. The number of hydrogen-bond donors (Lipinski definition) is 0. The van der Waals surface area contributed by atoms with Crippen molar-refractivity contribution in [3.05, 3.63) is 0 Å². The van der Waals surface area contributed by atoms with Gasteiger partial charge < -0.3 is 0 Å². The van der Waals surface area contributed by atoms with E-state index < -0.39 is 0 Å². The molecule has 0 unspecified atom stereocenters. The molecule has 0 aromatic heterocycles. The van der Waals surface area contributed by atoms with Crippen LogP contribution in [-0.2, 0) is 9.59 Å². The summed E-state index contributed by atoms with van der Waals surface area (Å²) in [5.41, 5.74) is 0. The van der Waals surface area contributed by atoms with Gasteiger partial charge in [-0.15, -0.1) is 0 Å². The molecule has 0 aliphatic carbocycles. The third-order valence-electron chi connectivity index (χ3n) is 5.24. The maximum atomic E-state index is 12.4. The summed E-state index contributed by atoms with van der Waals surface area (Å²) in [6.07, 6.45) is 17.9. The van der Waals surface area contributed by atoms with E-state index in [1.54, 1.807) is 14.1 Å². The van der Waals surface area contributed by atoms with Crippen LogP contribution < -0.4 is 0 Å². The van der Waals surface area contributed by atoms with Crippen LogP contribution in [0, 0.1) is 0 Å². The second kappa shape index (κ2) is 15.5.